The van der Waals surface area contributed by atoms with Crippen LogP contribution in [0.25, 0.3) is 0 Å². The van der Waals surface area contributed by atoms with Crippen molar-refractivity contribution in [2.24, 2.45) is 0 Å². The Kier molecular flexibility index (Phi) is 6.12. The number of nitrogens with one attached hydrogen (secondary N) is 1. The van der Waals surface area contributed by atoms with E-state index in [-0.39, 0.29) is 18.5 Å². The smallest absolute Gasteiger partial charge is 0.320 e. The van der Waals surface area contributed by atoms with Crippen LogP contribution in [0.15, 0.2) is 30.3 Å². The zero-order chi connectivity index (χ0) is 16.8. The van der Waals surface area contributed by atoms with E-state index >= 15 is 0 Å². The maximum atomic E-state index is 12.2. The zero-order valence-electron chi connectivity index (χ0n) is 13.7. The molecule has 0 bridgehead atoms. The van der Waals surface area contributed by atoms with Crippen molar-refractivity contribution in [2.45, 2.75) is 24.9 Å². The van der Waals surface area contributed by atoms with Gasteiger partial charge < -0.3 is 15.3 Å². The highest BCUT2D eigenvalue weighted by Gasteiger charge is 2.31. The minimum atomic E-state index is -0.842. The van der Waals surface area contributed by atoms with Gasteiger partial charge in [-0.2, -0.15) is 0 Å². The Balaban J connectivity index is 1.88. The average molecular weight is 319 g/mol. The van der Waals surface area contributed by atoms with E-state index in [1.807, 2.05) is 44.4 Å². The monoisotopic (exact) mass is 319 g/mol. The Bertz CT molecular complexity index is 533. The Morgan fingerprint density at radius 2 is 2.04 bits per heavy atom. The quantitative estimate of drug-likeness (QED) is 0.783. The Morgan fingerprint density at radius 3 is 2.65 bits per heavy atom. The molecule has 0 spiro atoms. The van der Waals surface area contributed by atoms with E-state index in [2.05, 4.69) is 10.2 Å². The third-order valence-corrected chi connectivity index (χ3v) is 4.30. The molecule has 2 atom stereocenters. The standard InChI is InChI=1S/C17H25N3O3/c1-19(2)15(13-7-4-3-5-8-13)11-18-16(21)12-20-10-6-9-14(20)17(22)23/h3-5,7-8,14-15H,6,9-12H2,1-2H3,(H,18,21)(H,22,23)/t14-,15?/m1/s1. The summed E-state index contributed by atoms with van der Waals surface area (Å²) in [4.78, 5) is 27.1. The molecular formula is C17H25N3O3. The molecule has 0 saturated carbocycles. The summed E-state index contributed by atoms with van der Waals surface area (Å²) >= 11 is 0. The van der Waals surface area contributed by atoms with E-state index in [0.29, 0.717) is 19.5 Å². The largest absolute Gasteiger partial charge is 0.480 e. The molecule has 1 amide bonds. The molecule has 1 saturated heterocycles. The number of carboxylic acids is 1. The van der Waals surface area contributed by atoms with Crippen LogP contribution in [0, 0.1) is 0 Å². The number of hydrogen-bond acceptors (Lipinski definition) is 4. The number of likely N-dealkylation sites (tertiary alicyclic amines) is 1. The van der Waals surface area contributed by atoms with E-state index in [4.69, 9.17) is 5.11 Å². The summed E-state index contributed by atoms with van der Waals surface area (Å²) in [6.07, 6.45) is 1.45. The highest BCUT2D eigenvalue weighted by atomic mass is 16.4. The van der Waals surface area contributed by atoms with Crippen molar-refractivity contribution in [1.82, 2.24) is 15.1 Å². The summed E-state index contributed by atoms with van der Waals surface area (Å²) in [5.41, 5.74) is 1.14. The predicted molar refractivity (Wildman–Crippen MR) is 88.1 cm³/mol. The van der Waals surface area contributed by atoms with Crippen LogP contribution in [0.2, 0.25) is 0 Å². The summed E-state index contributed by atoms with van der Waals surface area (Å²) in [6, 6.07) is 9.57. The number of hydrogen-bond donors (Lipinski definition) is 2. The molecule has 1 aliphatic rings. The van der Waals surface area contributed by atoms with Gasteiger partial charge in [0.05, 0.1) is 12.6 Å². The number of likely N-dealkylation sites (N-methyl/N-ethyl adjacent to an activating group) is 1. The number of carbonyl (C=O) groups is 2. The highest BCUT2D eigenvalue weighted by Crippen LogP contribution is 2.18. The van der Waals surface area contributed by atoms with Gasteiger partial charge in [0, 0.05) is 6.54 Å². The molecule has 23 heavy (non-hydrogen) atoms. The molecule has 1 aliphatic heterocycles. The van der Waals surface area contributed by atoms with Gasteiger partial charge in [-0.25, -0.2) is 0 Å². The maximum absolute atomic E-state index is 12.2. The van der Waals surface area contributed by atoms with Gasteiger partial charge in [-0.05, 0) is 39.0 Å². The van der Waals surface area contributed by atoms with Crippen LogP contribution in [0.5, 0.6) is 0 Å². The number of rotatable bonds is 7. The molecule has 2 N–H and O–H groups in total. The summed E-state index contributed by atoms with van der Waals surface area (Å²) in [5, 5.41) is 12.1. The van der Waals surface area contributed by atoms with Gasteiger partial charge in [-0.15, -0.1) is 0 Å². The molecule has 6 heteroatoms. The molecule has 0 aromatic heterocycles. The molecule has 1 heterocycles. The third kappa shape index (κ3) is 4.77. The molecule has 0 radical (unpaired) electrons. The van der Waals surface area contributed by atoms with E-state index in [0.717, 1.165) is 12.0 Å². The normalized spacial score (nSPS) is 19.7. The van der Waals surface area contributed by atoms with Crippen LogP contribution >= 0.6 is 0 Å². The van der Waals surface area contributed by atoms with Crippen LogP contribution in [-0.4, -0.2) is 66.6 Å². The van der Waals surface area contributed by atoms with Gasteiger partial charge in [-0.3, -0.25) is 14.5 Å². The summed E-state index contributed by atoms with van der Waals surface area (Å²) in [5.74, 6) is -0.966. The van der Waals surface area contributed by atoms with Crippen LogP contribution in [0.1, 0.15) is 24.4 Å². The maximum Gasteiger partial charge on any atom is 0.320 e. The Morgan fingerprint density at radius 1 is 1.35 bits per heavy atom. The fourth-order valence-electron chi connectivity index (χ4n) is 3.02. The van der Waals surface area contributed by atoms with E-state index in [1.165, 1.54) is 0 Å². The molecule has 6 nitrogen and oxygen atoms in total. The van der Waals surface area contributed by atoms with Gasteiger partial charge in [0.15, 0.2) is 0 Å². The lowest BCUT2D eigenvalue weighted by Gasteiger charge is -2.26. The van der Waals surface area contributed by atoms with Crippen molar-refractivity contribution in [3.8, 4) is 0 Å². The fourth-order valence-corrected chi connectivity index (χ4v) is 3.02. The molecular weight excluding hydrogens is 294 g/mol. The second-order valence-corrected chi connectivity index (χ2v) is 6.16. The summed E-state index contributed by atoms with van der Waals surface area (Å²) in [7, 11) is 3.95. The van der Waals surface area contributed by atoms with Crippen molar-refractivity contribution >= 4 is 11.9 Å². The van der Waals surface area contributed by atoms with E-state index < -0.39 is 12.0 Å². The van der Waals surface area contributed by atoms with Crippen molar-refractivity contribution < 1.29 is 14.7 Å². The van der Waals surface area contributed by atoms with Crippen LogP contribution in [0.4, 0.5) is 0 Å². The number of nitrogens with zero attached hydrogens (tertiary/aromatic N) is 2. The Labute approximate surface area is 137 Å². The molecule has 1 aromatic rings. The second-order valence-electron chi connectivity index (χ2n) is 6.16. The molecule has 1 fully saturated rings. The Hall–Kier alpha value is -1.92. The van der Waals surface area contributed by atoms with Gasteiger partial charge in [0.1, 0.15) is 6.04 Å². The van der Waals surface area contributed by atoms with Crippen molar-refractivity contribution in [3.63, 3.8) is 0 Å². The van der Waals surface area contributed by atoms with Crippen LogP contribution in [0.3, 0.4) is 0 Å². The highest BCUT2D eigenvalue weighted by molar-refractivity contribution is 5.80. The van der Waals surface area contributed by atoms with E-state index in [1.54, 1.807) is 4.90 Å². The lowest BCUT2D eigenvalue weighted by Crippen LogP contribution is -2.44. The number of benzene rings is 1. The zero-order valence-corrected chi connectivity index (χ0v) is 13.7. The number of amides is 1. The SMILES string of the molecule is CN(C)C(CNC(=O)CN1CCC[C@@H]1C(=O)O)c1ccccc1. The predicted octanol–water partition coefficient (Wildman–Crippen LogP) is 0.955. The fraction of sp³-hybridized carbons (Fsp3) is 0.529. The first-order chi connectivity index (χ1) is 11.0. The lowest BCUT2D eigenvalue weighted by atomic mass is 10.1. The molecule has 1 unspecified atom stereocenters. The van der Waals surface area contributed by atoms with E-state index in [9.17, 15) is 9.59 Å². The topological polar surface area (TPSA) is 72.9 Å². The second kappa shape index (κ2) is 8.08. The van der Waals surface area contributed by atoms with Crippen molar-refractivity contribution in [1.29, 1.82) is 0 Å². The van der Waals surface area contributed by atoms with Crippen molar-refractivity contribution in [3.05, 3.63) is 35.9 Å². The first-order valence-corrected chi connectivity index (χ1v) is 7.94. The molecule has 1 aromatic carbocycles. The van der Waals surface area contributed by atoms with Gasteiger partial charge in [0.25, 0.3) is 0 Å². The van der Waals surface area contributed by atoms with Gasteiger partial charge >= 0.3 is 5.97 Å². The van der Waals surface area contributed by atoms with Gasteiger partial charge in [-0.1, -0.05) is 30.3 Å². The van der Waals surface area contributed by atoms with Gasteiger partial charge in [0.2, 0.25) is 5.91 Å². The molecule has 2 rings (SSSR count). The average Bonchev–Trinajstić information content (AvgIpc) is 2.96. The number of aliphatic carboxylic acids is 1. The minimum Gasteiger partial charge on any atom is -0.480 e. The van der Waals surface area contributed by atoms with Crippen LogP contribution in [-0.2, 0) is 9.59 Å². The number of carboxylic acid groups (broad SMARTS) is 1. The summed E-state index contributed by atoms with van der Waals surface area (Å²) < 4.78 is 0. The first-order valence-electron chi connectivity index (χ1n) is 7.94. The minimum absolute atomic E-state index is 0.0917. The molecule has 0 aliphatic carbocycles. The number of carbonyl (C=O) groups excluding carboxylic acids is 1. The lowest BCUT2D eigenvalue weighted by molar-refractivity contribution is -0.142. The summed E-state index contributed by atoms with van der Waals surface area (Å²) in [6.45, 7) is 1.31. The van der Waals surface area contributed by atoms with Crippen LogP contribution < -0.4 is 5.32 Å². The van der Waals surface area contributed by atoms with Crippen molar-refractivity contribution in [2.75, 3.05) is 33.7 Å². The first kappa shape index (κ1) is 17.4. The molecule has 126 valence electrons. The third-order valence-electron chi connectivity index (χ3n) is 4.30.